The van der Waals surface area contributed by atoms with Gasteiger partial charge in [0.15, 0.2) is 22.0 Å². The highest BCUT2D eigenvalue weighted by molar-refractivity contribution is 7.98. The molecule has 0 aliphatic rings. The van der Waals surface area contributed by atoms with Crippen molar-refractivity contribution in [3.05, 3.63) is 82.0 Å². The molecule has 0 N–H and O–H groups in total. The number of hydrogen-bond donors (Lipinski definition) is 0. The molecule has 0 amide bonds. The van der Waals surface area contributed by atoms with Gasteiger partial charge in [-0.05, 0) is 31.0 Å². The summed E-state index contributed by atoms with van der Waals surface area (Å²) in [6.45, 7) is 8.50. The second-order valence-corrected chi connectivity index (χ2v) is 8.74. The summed E-state index contributed by atoms with van der Waals surface area (Å²) >= 11 is 2.93. The average molecular weight is 454 g/mol. The van der Waals surface area contributed by atoms with Crippen LogP contribution in [0.5, 0.6) is 5.75 Å². The zero-order valence-corrected chi connectivity index (χ0v) is 19.0. The summed E-state index contributed by atoms with van der Waals surface area (Å²) in [6.07, 6.45) is 4.25. The van der Waals surface area contributed by atoms with Gasteiger partial charge in [0.05, 0.1) is 5.69 Å². The van der Waals surface area contributed by atoms with Crippen molar-refractivity contribution in [1.82, 2.24) is 24.1 Å². The Morgan fingerprint density at radius 1 is 1.29 bits per heavy atom. The van der Waals surface area contributed by atoms with E-state index in [2.05, 4.69) is 40.8 Å². The van der Waals surface area contributed by atoms with E-state index in [1.165, 1.54) is 28.7 Å². The van der Waals surface area contributed by atoms with E-state index in [-0.39, 0.29) is 11.7 Å². The molecule has 0 aliphatic heterocycles. The minimum atomic E-state index is -0.278. The van der Waals surface area contributed by atoms with E-state index in [1.807, 2.05) is 35.1 Å². The summed E-state index contributed by atoms with van der Waals surface area (Å²) in [5.41, 5.74) is 1.90. The first-order valence-corrected chi connectivity index (χ1v) is 11.8. The Morgan fingerprint density at radius 2 is 2.10 bits per heavy atom. The van der Waals surface area contributed by atoms with Crippen molar-refractivity contribution >= 4 is 28.1 Å². The van der Waals surface area contributed by atoms with Gasteiger partial charge in [-0.15, -0.1) is 28.1 Å². The van der Waals surface area contributed by atoms with E-state index in [0.717, 1.165) is 23.2 Å². The molecule has 0 spiro atoms. The lowest BCUT2D eigenvalue weighted by Gasteiger charge is -2.16. The largest absolute Gasteiger partial charge is 0.483 e. The Balaban J connectivity index is 1.51. The van der Waals surface area contributed by atoms with Crippen molar-refractivity contribution < 1.29 is 4.74 Å². The van der Waals surface area contributed by atoms with Crippen LogP contribution in [-0.4, -0.2) is 24.1 Å². The van der Waals surface area contributed by atoms with Gasteiger partial charge in [0, 0.05) is 29.9 Å². The SMILES string of the molecule is C=CCn1c(SCc2cc(=O)n3ccsc3n2)nnc1C(C)Oc1ccc(CC)cc1. The Labute approximate surface area is 188 Å². The standard InChI is InChI=1S/C22H23N5O2S2/c1-4-10-27-20(15(3)29-18-8-6-16(5-2)7-9-18)24-25-22(27)31-14-17-13-19(28)26-11-12-30-21(26)23-17/h4,6-9,11-13,15H,1,5,10,14H2,2-3H3. The van der Waals surface area contributed by atoms with Crippen LogP contribution in [-0.2, 0) is 18.7 Å². The predicted molar refractivity (Wildman–Crippen MR) is 124 cm³/mol. The summed E-state index contributed by atoms with van der Waals surface area (Å²) in [6, 6.07) is 9.65. The fourth-order valence-corrected chi connectivity index (χ4v) is 4.76. The maximum atomic E-state index is 12.2. The highest BCUT2D eigenvalue weighted by atomic mass is 32.2. The number of hydrogen-bond acceptors (Lipinski definition) is 7. The fourth-order valence-electron chi connectivity index (χ4n) is 3.17. The van der Waals surface area contributed by atoms with E-state index in [1.54, 1.807) is 16.7 Å². The summed E-state index contributed by atoms with van der Waals surface area (Å²) in [5.74, 6) is 2.04. The van der Waals surface area contributed by atoms with Gasteiger partial charge in [0.25, 0.3) is 5.56 Å². The molecular weight excluding hydrogens is 430 g/mol. The third kappa shape index (κ3) is 4.72. The van der Waals surface area contributed by atoms with Crippen molar-refractivity contribution in [2.24, 2.45) is 0 Å². The molecule has 3 heterocycles. The first-order valence-electron chi connectivity index (χ1n) is 9.97. The van der Waals surface area contributed by atoms with E-state index in [0.29, 0.717) is 23.0 Å². The molecule has 7 nitrogen and oxygen atoms in total. The molecule has 1 unspecified atom stereocenters. The monoisotopic (exact) mass is 453 g/mol. The minimum absolute atomic E-state index is 0.0776. The molecular formula is C22H23N5O2S2. The van der Waals surface area contributed by atoms with Crippen LogP contribution in [0.3, 0.4) is 0 Å². The van der Waals surface area contributed by atoms with Gasteiger partial charge < -0.3 is 4.74 Å². The lowest BCUT2D eigenvalue weighted by Crippen LogP contribution is -2.13. The molecule has 0 fully saturated rings. The topological polar surface area (TPSA) is 74.3 Å². The van der Waals surface area contributed by atoms with Gasteiger partial charge >= 0.3 is 0 Å². The summed E-state index contributed by atoms with van der Waals surface area (Å²) in [5, 5.41) is 11.3. The van der Waals surface area contributed by atoms with E-state index in [9.17, 15) is 4.79 Å². The number of nitrogens with zero attached hydrogens (tertiary/aromatic N) is 5. The van der Waals surface area contributed by atoms with Crippen LogP contribution in [0.4, 0.5) is 0 Å². The molecule has 0 aliphatic carbocycles. The maximum Gasteiger partial charge on any atom is 0.258 e. The van der Waals surface area contributed by atoms with Crippen LogP contribution < -0.4 is 10.3 Å². The zero-order chi connectivity index (χ0) is 21.8. The van der Waals surface area contributed by atoms with E-state index >= 15 is 0 Å². The van der Waals surface area contributed by atoms with Gasteiger partial charge in [-0.3, -0.25) is 13.8 Å². The van der Waals surface area contributed by atoms with Crippen molar-refractivity contribution in [2.75, 3.05) is 0 Å². The Bertz CT molecular complexity index is 1240. The third-order valence-corrected chi connectivity index (χ3v) is 6.53. The Kier molecular flexibility index (Phi) is 6.53. The van der Waals surface area contributed by atoms with Gasteiger partial charge in [-0.1, -0.05) is 36.9 Å². The molecule has 1 atom stereocenters. The second kappa shape index (κ2) is 9.49. The van der Waals surface area contributed by atoms with Crippen molar-refractivity contribution in [1.29, 1.82) is 0 Å². The average Bonchev–Trinajstić information content (AvgIpc) is 3.40. The van der Waals surface area contributed by atoms with Gasteiger partial charge in [0.1, 0.15) is 5.75 Å². The molecule has 0 saturated heterocycles. The minimum Gasteiger partial charge on any atom is -0.483 e. The van der Waals surface area contributed by atoms with Gasteiger partial charge in [-0.25, -0.2) is 4.98 Å². The highest BCUT2D eigenvalue weighted by Gasteiger charge is 2.19. The third-order valence-electron chi connectivity index (χ3n) is 4.77. The molecule has 0 bridgehead atoms. The van der Waals surface area contributed by atoms with Crippen LogP contribution in [0.1, 0.15) is 37.0 Å². The Morgan fingerprint density at radius 3 is 2.84 bits per heavy atom. The first-order chi connectivity index (χ1) is 15.1. The fraction of sp³-hybridized carbons (Fsp3) is 0.273. The number of ether oxygens (including phenoxy) is 1. The summed E-state index contributed by atoms with van der Waals surface area (Å²) < 4.78 is 9.63. The highest BCUT2D eigenvalue weighted by Crippen LogP contribution is 2.26. The molecule has 31 heavy (non-hydrogen) atoms. The zero-order valence-electron chi connectivity index (χ0n) is 17.4. The molecule has 0 radical (unpaired) electrons. The molecule has 0 saturated carbocycles. The predicted octanol–water partition coefficient (Wildman–Crippen LogP) is 4.53. The van der Waals surface area contributed by atoms with Crippen LogP contribution in [0.2, 0.25) is 0 Å². The lowest BCUT2D eigenvalue weighted by molar-refractivity contribution is 0.210. The summed E-state index contributed by atoms with van der Waals surface area (Å²) in [4.78, 5) is 17.5. The number of rotatable bonds is 9. The van der Waals surface area contributed by atoms with Crippen LogP contribution >= 0.6 is 23.1 Å². The number of aryl methyl sites for hydroxylation is 1. The van der Waals surface area contributed by atoms with E-state index < -0.39 is 0 Å². The lowest BCUT2D eigenvalue weighted by atomic mass is 10.2. The maximum absolute atomic E-state index is 12.2. The molecule has 3 aromatic heterocycles. The second-order valence-electron chi connectivity index (χ2n) is 6.93. The van der Waals surface area contributed by atoms with Gasteiger partial charge in [-0.2, -0.15) is 0 Å². The molecule has 1 aromatic carbocycles. The van der Waals surface area contributed by atoms with Crippen LogP contribution in [0.25, 0.3) is 4.96 Å². The number of benzene rings is 1. The molecule has 9 heteroatoms. The number of aromatic nitrogens is 5. The van der Waals surface area contributed by atoms with Crippen molar-refractivity contribution in [3.8, 4) is 5.75 Å². The number of fused-ring (bicyclic) bond motifs is 1. The van der Waals surface area contributed by atoms with Crippen LogP contribution in [0, 0.1) is 0 Å². The first kappa shape index (κ1) is 21.3. The molecule has 160 valence electrons. The smallest absolute Gasteiger partial charge is 0.258 e. The van der Waals surface area contributed by atoms with Crippen molar-refractivity contribution in [2.45, 2.75) is 43.8 Å². The number of allylic oxidation sites excluding steroid dienone is 1. The van der Waals surface area contributed by atoms with Gasteiger partial charge in [0.2, 0.25) is 0 Å². The molecule has 4 aromatic rings. The normalized spacial score (nSPS) is 12.2. The quantitative estimate of drug-likeness (QED) is 0.274. The number of thioether (sulfide) groups is 1. The Hall–Kier alpha value is -2.91. The molecule has 4 rings (SSSR count). The number of thiazole rings is 1. The summed E-state index contributed by atoms with van der Waals surface area (Å²) in [7, 11) is 0. The van der Waals surface area contributed by atoms with Crippen molar-refractivity contribution in [3.63, 3.8) is 0 Å². The van der Waals surface area contributed by atoms with Crippen LogP contribution in [0.15, 0.2) is 64.5 Å². The van der Waals surface area contributed by atoms with E-state index in [4.69, 9.17) is 4.74 Å².